The molecule has 3 nitrogen and oxygen atoms in total. The molecule has 0 unspecified atom stereocenters. The number of hydrogen-bond donors (Lipinski definition) is 1. The lowest BCUT2D eigenvalue weighted by Crippen LogP contribution is -2.05. The van der Waals surface area contributed by atoms with E-state index in [9.17, 15) is 4.79 Å². The standard InChI is InChI=1S/C21H19NO2S/c1-3-4-13-5-7-14(8-6-13)18-17(24-2)10-9-16-19(18)15-11-12-25-20(15)21(23)22-16/h5-12H,3-4H2,1-2H3,(H,22,23). The first-order valence-corrected chi connectivity index (χ1v) is 9.30. The predicted molar refractivity (Wildman–Crippen MR) is 106 cm³/mol. The molecule has 2 aromatic heterocycles. The van der Waals surface area contributed by atoms with Gasteiger partial charge in [-0.1, -0.05) is 37.6 Å². The average Bonchev–Trinajstić information content (AvgIpc) is 3.12. The zero-order chi connectivity index (χ0) is 17.4. The first-order chi connectivity index (χ1) is 12.2. The van der Waals surface area contributed by atoms with Crippen molar-refractivity contribution in [1.29, 1.82) is 0 Å². The van der Waals surface area contributed by atoms with E-state index >= 15 is 0 Å². The van der Waals surface area contributed by atoms with E-state index in [1.807, 2.05) is 23.6 Å². The largest absolute Gasteiger partial charge is 0.496 e. The minimum atomic E-state index is -0.0353. The summed E-state index contributed by atoms with van der Waals surface area (Å²) in [6.45, 7) is 2.19. The summed E-state index contributed by atoms with van der Waals surface area (Å²) in [4.78, 5) is 15.3. The molecule has 0 amide bonds. The summed E-state index contributed by atoms with van der Waals surface area (Å²) in [5, 5.41) is 3.99. The normalized spacial score (nSPS) is 11.3. The predicted octanol–water partition coefficient (Wildman–Crippen LogP) is 5.37. The lowest BCUT2D eigenvalue weighted by molar-refractivity contribution is 0.417. The Bertz CT molecular complexity index is 1110. The van der Waals surface area contributed by atoms with Crippen LogP contribution in [0.5, 0.6) is 5.75 Å². The Morgan fingerprint density at radius 3 is 2.60 bits per heavy atom. The fraction of sp³-hybridized carbons (Fsp3) is 0.190. The van der Waals surface area contributed by atoms with Gasteiger partial charge in [0, 0.05) is 21.9 Å². The van der Waals surface area contributed by atoms with Crippen LogP contribution in [0.2, 0.25) is 0 Å². The molecule has 126 valence electrons. The van der Waals surface area contributed by atoms with E-state index in [4.69, 9.17) is 4.74 Å². The number of aromatic nitrogens is 1. The molecule has 0 saturated heterocycles. The summed E-state index contributed by atoms with van der Waals surface area (Å²) in [5.41, 5.74) is 4.26. The Morgan fingerprint density at radius 2 is 1.88 bits per heavy atom. The molecular formula is C21H19NO2S. The van der Waals surface area contributed by atoms with Gasteiger partial charge >= 0.3 is 0 Å². The minimum Gasteiger partial charge on any atom is -0.496 e. The molecule has 0 aliphatic heterocycles. The molecule has 2 aromatic carbocycles. The lowest BCUT2D eigenvalue weighted by atomic mass is 9.96. The van der Waals surface area contributed by atoms with Crippen molar-refractivity contribution in [3.05, 3.63) is 63.8 Å². The molecule has 4 aromatic rings. The van der Waals surface area contributed by atoms with Crippen molar-refractivity contribution in [1.82, 2.24) is 4.98 Å². The third-order valence-electron chi connectivity index (χ3n) is 4.56. The van der Waals surface area contributed by atoms with Crippen LogP contribution in [-0.2, 0) is 6.42 Å². The van der Waals surface area contributed by atoms with E-state index in [-0.39, 0.29) is 5.56 Å². The number of nitrogens with one attached hydrogen (secondary N) is 1. The maximum Gasteiger partial charge on any atom is 0.266 e. The van der Waals surface area contributed by atoms with Crippen LogP contribution in [0.1, 0.15) is 18.9 Å². The van der Waals surface area contributed by atoms with Crippen LogP contribution >= 0.6 is 11.3 Å². The summed E-state index contributed by atoms with van der Waals surface area (Å²) in [6.07, 6.45) is 2.21. The number of benzene rings is 2. The van der Waals surface area contributed by atoms with Gasteiger partial charge < -0.3 is 9.72 Å². The molecule has 4 rings (SSSR count). The second-order valence-corrected chi connectivity index (χ2v) is 7.05. The van der Waals surface area contributed by atoms with E-state index in [1.165, 1.54) is 16.9 Å². The summed E-state index contributed by atoms with van der Waals surface area (Å²) in [5.74, 6) is 0.815. The number of thiophene rings is 1. The van der Waals surface area contributed by atoms with Crippen molar-refractivity contribution in [2.75, 3.05) is 7.11 Å². The van der Waals surface area contributed by atoms with Crippen molar-refractivity contribution < 1.29 is 4.74 Å². The number of hydrogen-bond acceptors (Lipinski definition) is 3. The first kappa shape index (κ1) is 15.9. The molecule has 0 bridgehead atoms. The van der Waals surface area contributed by atoms with Crippen molar-refractivity contribution in [2.45, 2.75) is 19.8 Å². The van der Waals surface area contributed by atoms with Gasteiger partial charge in [0.1, 0.15) is 10.4 Å². The Hall–Kier alpha value is -2.59. The number of H-pyrrole nitrogens is 1. The third-order valence-corrected chi connectivity index (χ3v) is 5.47. The van der Waals surface area contributed by atoms with E-state index in [0.29, 0.717) is 0 Å². The van der Waals surface area contributed by atoms with Gasteiger partial charge in [0.25, 0.3) is 5.56 Å². The quantitative estimate of drug-likeness (QED) is 0.538. The van der Waals surface area contributed by atoms with Gasteiger partial charge in [0.2, 0.25) is 0 Å². The first-order valence-electron chi connectivity index (χ1n) is 8.42. The van der Waals surface area contributed by atoms with Crippen molar-refractivity contribution in [3.63, 3.8) is 0 Å². The van der Waals surface area contributed by atoms with Crippen LogP contribution in [0.4, 0.5) is 0 Å². The molecule has 1 N–H and O–H groups in total. The van der Waals surface area contributed by atoms with Crippen LogP contribution in [0.3, 0.4) is 0 Å². The molecule has 0 aliphatic rings. The number of ether oxygens (including phenoxy) is 1. The number of rotatable bonds is 4. The van der Waals surface area contributed by atoms with Gasteiger partial charge in [0.15, 0.2) is 0 Å². The molecule has 0 atom stereocenters. The number of pyridine rings is 1. The van der Waals surface area contributed by atoms with Gasteiger partial charge in [-0.25, -0.2) is 0 Å². The zero-order valence-electron chi connectivity index (χ0n) is 14.3. The van der Waals surface area contributed by atoms with Crippen LogP contribution in [-0.4, -0.2) is 12.1 Å². The summed E-state index contributed by atoms with van der Waals surface area (Å²) < 4.78 is 6.41. The average molecular weight is 349 g/mol. The Morgan fingerprint density at radius 1 is 1.08 bits per heavy atom. The smallest absolute Gasteiger partial charge is 0.266 e. The fourth-order valence-electron chi connectivity index (χ4n) is 3.41. The Balaban J connectivity index is 2.06. The van der Waals surface area contributed by atoms with Gasteiger partial charge in [-0.15, -0.1) is 11.3 Å². The molecule has 2 heterocycles. The van der Waals surface area contributed by atoms with Gasteiger partial charge in [-0.3, -0.25) is 4.79 Å². The molecule has 4 heteroatoms. The number of fused-ring (bicyclic) bond motifs is 3. The van der Waals surface area contributed by atoms with Crippen LogP contribution in [0, 0.1) is 0 Å². The van der Waals surface area contributed by atoms with Crippen LogP contribution in [0.25, 0.3) is 32.1 Å². The highest BCUT2D eigenvalue weighted by molar-refractivity contribution is 7.17. The monoisotopic (exact) mass is 349 g/mol. The van der Waals surface area contributed by atoms with E-state index in [0.717, 1.165) is 50.7 Å². The van der Waals surface area contributed by atoms with Gasteiger partial charge in [-0.05, 0) is 41.1 Å². The number of aromatic amines is 1. The van der Waals surface area contributed by atoms with E-state index in [1.54, 1.807) is 7.11 Å². The van der Waals surface area contributed by atoms with E-state index in [2.05, 4.69) is 36.2 Å². The highest BCUT2D eigenvalue weighted by Crippen LogP contribution is 2.40. The Kier molecular flexibility index (Phi) is 4.06. The third kappa shape index (κ3) is 2.63. The number of methoxy groups -OCH3 is 1. The molecule has 0 fully saturated rings. The van der Waals surface area contributed by atoms with E-state index < -0.39 is 0 Å². The second kappa shape index (κ2) is 6.37. The highest BCUT2D eigenvalue weighted by Gasteiger charge is 2.16. The Labute approximate surface area is 149 Å². The summed E-state index contributed by atoms with van der Waals surface area (Å²) in [7, 11) is 1.69. The topological polar surface area (TPSA) is 42.1 Å². The fourth-order valence-corrected chi connectivity index (χ4v) is 4.21. The molecule has 0 radical (unpaired) electrons. The molecule has 0 saturated carbocycles. The maximum atomic E-state index is 12.3. The van der Waals surface area contributed by atoms with Crippen LogP contribution < -0.4 is 10.3 Å². The molecule has 0 spiro atoms. The van der Waals surface area contributed by atoms with Crippen LogP contribution in [0.15, 0.2) is 52.6 Å². The summed E-state index contributed by atoms with van der Waals surface area (Å²) in [6, 6.07) is 14.5. The maximum absolute atomic E-state index is 12.3. The lowest BCUT2D eigenvalue weighted by Gasteiger charge is -2.14. The summed E-state index contributed by atoms with van der Waals surface area (Å²) >= 11 is 1.47. The van der Waals surface area contributed by atoms with Crippen molar-refractivity contribution in [2.24, 2.45) is 0 Å². The van der Waals surface area contributed by atoms with Gasteiger partial charge in [0.05, 0.1) is 7.11 Å². The minimum absolute atomic E-state index is 0.0353. The van der Waals surface area contributed by atoms with Crippen molar-refractivity contribution >= 4 is 32.3 Å². The number of aryl methyl sites for hydroxylation is 1. The molecular weight excluding hydrogens is 330 g/mol. The SMILES string of the molecule is CCCc1ccc(-c2c(OC)ccc3[nH]c(=O)c4sccc4c23)cc1. The molecule has 25 heavy (non-hydrogen) atoms. The highest BCUT2D eigenvalue weighted by atomic mass is 32.1. The zero-order valence-corrected chi connectivity index (χ0v) is 15.1. The van der Waals surface area contributed by atoms with Crippen molar-refractivity contribution in [3.8, 4) is 16.9 Å². The molecule has 0 aliphatic carbocycles. The second-order valence-electron chi connectivity index (χ2n) is 6.13. The van der Waals surface area contributed by atoms with Gasteiger partial charge in [-0.2, -0.15) is 0 Å².